The van der Waals surface area contributed by atoms with Crippen molar-refractivity contribution in [3.05, 3.63) is 40.9 Å². The summed E-state index contributed by atoms with van der Waals surface area (Å²) in [6, 6.07) is 5.23. The fraction of sp³-hybridized carbons (Fsp3) is 0.333. The van der Waals surface area contributed by atoms with Crippen molar-refractivity contribution in [2.45, 2.75) is 26.3 Å². The smallest absolute Gasteiger partial charge is 0.325 e. The van der Waals surface area contributed by atoms with Crippen LogP contribution < -0.4 is 16.6 Å². The van der Waals surface area contributed by atoms with Crippen LogP contribution in [0.5, 0.6) is 0 Å². The zero-order chi connectivity index (χ0) is 17.4. The number of carbonyl (C=O) groups is 3. The first-order valence-electron chi connectivity index (χ1n) is 7.08. The third-order valence-electron chi connectivity index (χ3n) is 3.54. The number of hydrogen-bond acceptors (Lipinski definition) is 4. The maximum absolute atomic E-state index is 12.4. The van der Waals surface area contributed by atoms with Gasteiger partial charge in [-0.15, -0.1) is 0 Å². The zero-order valence-corrected chi connectivity index (χ0v) is 12.9. The van der Waals surface area contributed by atoms with Crippen molar-refractivity contribution in [1.29, 1.82) is 0 Å². The number of nitrogens with zero attached hydrogens (tertiary/aromatic N) is 2. The van der Waals surface area contributed by atoms with Gasteiger partial charge in [-0.25, -0.2) is 5.84 Å². The molecule has 0 aliphatic heterocycles. The third-order valence-corrected chi connectivity index (χ3v) is 3.54. The molecule has 0 saturated carbocycles. The monoisotopic (exact) mass is 317 g/mol. The Bertz CT molecular complexity index is 652. The van der Waals surface area contributed by atoms with Crippen LogP contribution in [0.1, 0.15) is 41.0 Å². The average molecular weight is 317 g/mol. The van der Waals surface area contributed by atoms with Crippen molar-refractivity contribution in [2.75, 3.05) is 0 Å². The van der Waals surface area contributed by atoms with Gasteiger partial charge in [0.2, 0.25) is 0 Å². The summed E-state index contributed by atoms with van der Waals surface area (Å²) in [6.45, 7) is 3.65. The lowest BCUT2D eigenvalue weighted by atomic mass is 9.95. The minimum Gasteiger partial charge on any atom is -0.361 e. The molecule has 0 fully saturated rings. The summed E-state index contributed by atoms with van der Waals surface area (Å²) >= 11 is 0. The third kappa shape index (κ3) is 4.57. The van der Waals surface area contributed by atoms with E-state index in [4.69, 9.17) is 11.4 Å². The van der Waals surface area contributed by atoms with Gasteiger partial charge >= 0.3 is 6.21 Å². The highest BCUT2D eigenvalue weighted by Crippen LogP contribution is 2.12. The summed E-state index contributed by atoms with van der Waals surface area (Å²) in [6.07, 6.45) is 1.37. The Morgan fingerprint density at radius 1 is 1.26 bits per heavy atom. The van der Waals surface area contributed by atoms with Gasteiger partial charge in [-0.3, -0.25) is 19.8 Å². The number of nitrogens with one attached hydrogen (secondary N) is 2. The van der Waals surface area contributed by atoms with Gasteiger partial charge in [0.1, 0.15) is 6.04 Å². The summed E-state index contributed by atoms with van der Waals surface area (Å²) in [5, 5.41) is 2.58. The molecule has 0 aliphatic carbocycles. The van der Waals surface area contributed by atoms with Crippen molar-refractivity contribution >= 4 is 23.8 Å². The maximum atomic E-state index is 12.4. The first kappa shape index (κ1) is 18.2. The highest BCUT2D eigenvalue weighted by molar-refractivity contribution is 6.28. The molecule has 2 amide bonds. The van der Waals surface area contributed by atoms with E-state index in [-0.39, 0.29) is 17.0 Å². The lowest BCUT2D eigenvalue weighted by Gasteiger charge is -2.21. The molecule has 0 unspecified atom stereocenters. The summed E-state index contributed by atoms with van der Waals surface area (Å²) in [5.41, 5.74) is 10.7. The van der Waals surface area contributed by atoms with E-state index in [0.29, 0.717) is 6.42 Å². The molecule has 1 rings (SSSR count). The van der Waals surface area contributed by atoms with Crippen LogP contribution in [0.25, 0.3) is 5.53 Å². The van der Waals surface area contributed by atoms with Crippen LogP contribution in [0.2, 0.25) is 0 Å². The molecule has 0 saturated heterocycles. The molecule has 8 nitrogen and oxygen atoms in total. The summed E-state index contributed by atoms with van der Waals surface area (Å²) in [7, 11) is 0. The van der Waals surface area contributed by atoms with E-state index in [1.54, 1.807) is 19.1 Å². The Balaban J connectivity index is 3.11. The maximum Gasteiger partial charge on any atom is 0.325 e. The Morgan fingerprint density at radius 2 is 1.83 bits per heavy atom. The van der Waals surface area contributed by atoms with Crippen LogP contribution in [0.3, 0.4) is 0 Å². The fourth-order valence-electron chi connectivity index (χ4n) is 2.04. The molecule has 23 heavy (non-hydrogen) atoms. The van der Waals surface area contributed by atoms with E-state index < -0.39 is 23.6 Å². The molecule has 8 heteroatoms. The van der Waals surface area contributed by atoms with Crippen molar-refractivity contribution in [1.82, 2.24) is 10.7 Å². The van der Waals surface area contributed by atoms with E-state index in [0.717, 1.165) is 6.21 Å². The number of hydrazine groups is 1. The Kier molecular flexibility index (Phi) is 6.79. The van der Waals surface area contributed by atoms with E-state index in [2.05, 4.69) is 10.1 Å². The van der Waals surface area contributed by atoms with Gasteiger partial charge in [0.15, 0.2) is 0 Å². The van der Waals surface area contributed by atoms with Crippen molar-refractivity contribution in [3.63, 3.8) is 0 Å². The van der Waals surface area contributed by atoms with Gasteiger partial charge in [0.25, 0.3) is 17.6 Å². The molecule has 0 aromatic heterocycles. The van der Waals surface area contributed by atoms with Crippen LogP contribution in [0.4, 0.5) is 0 Å². The number of hydrogen-bond donors (Lipinski definition) is 3. The minimum absolute atomic E-state index is 0.0949. The molecule has 0 radical (unpaired) electrons. The molecule has 0 heterocycles. The van der Waals surface area contributed by atoms with Crippen LogP contribution in [0.15, 0.2) is 24.3 Å². The lowest BCUT2D eigenvalue weighted by molar-refractivity contribution is -0.118. The molecule has 122 valence electrons. The van der Waals surface area contributed by atoms with Gasteiger partial charge in [-0.2, -0.15) is 4.79 Å². The zero-order valence-electron chi connectivity index (χ0n) is 12.9. The SMILES string of the molecule is CC[C@H](C)[C@H](NC(=O)c1ccccc1C(=O)NN)C(=O)C=[N+]=[N-]. The highest BCUT2D eigenvalue weighted by atomic mass is 16.2. The Hall–Kier alpha value is -2.83. The van der Waals surface area contributed by atoms with Crippen molar-refractivity contribution in [2.24, 2.45) is 11.8 Å². The number of ketones is 1. The molecular formula is C15H19N5O3. The quantitative estimate of drug-likeness (QED) is 0.166. The topological polar surface area (TPSA) is 138 Å². The van der Waals surface area contributed by atoms with Gasteiger partial charge in [-0.1, -0.05) is 32.4 Å². The van der Waals surface area contributed by atoms with Gasteiger partial charge in [-0.05, 0) is 18.1 Å². The Labute approximate surface area is 133 Å². The van der Waals surface area contributed by atoms with Crippen molar-refractivity contribution in [3.8, 4) is 0 Å². The number of benzene rings is 1. The average Bonchev–Trinajstić information content (AvgIpc) is 2.58. The van der Waals surface area contributed by atoms with Gasteiger partial charge < -0.3 is 10.8 Å². The molecule has 0 aliphatic rings. The normalized spacial score (nSPS) is 12.5. The summed E-state index contributed by atoms with van der Waals surface area (Å²) < 4.78 is 0. The van der Waals surface area contributed by atoms with Crippen LogP contribution in [0, 0.1) is 5.92 Å². The number of amides is 2. The predicted molar refractivity (Wildman–Crippen MR) is 83.5 cm³/mol. The second kappa shape index (κ2) is 8.57. The number of carbonyl (C=O) groups excluding carboxylic acids is 3. The molecule has 0 spiro atoms. The lowest BCUT2D eigenvalue weighted by Crippen LogP contribution is -2.46. The Morgan fingerprint density at radius 3 is 2.30 bits per heavy atom. The standard InChI is InChI=1S/C15H19N5O3/c1-3-9(2)13(12(21)8-18-16)19-14(22)10-6-4-5-7-11(10)15(23)20-17/h4-9,13H,3,17H2,1-2H3,(H,19,22)(H,20,23)/t9-,13-/m0/s1. The number of Topliss-reactive ketones (excluding diaryl/α,β-unsaturated/α-hetero) is 1. The van der Waals surface area contributed by atoms with Gasteiger partial charge in [0, 0.05) is 0 Å². The minimum atomic E-state index is -0.864. The fourth-order valence-corrected chi connectivity index (χ4v) is 2.04. The van der Waals surface area contributed by atoms with E-state index in [1.165, 1.54) is 12.1 Å². The van der Waals surface area contributed by atoms with Gasteiger partial charge in [0.05, 0.1) is 11.1 Å². The largest absolute Gasteiger partial charge is 0.361 e. The van der Waals surface area contributed by atoms with Crippen LogP contribution in [-0.2, 0) is 4.79 Å². The second-order valence-electron chi connectivity index (χ2n) is 5.00. The number of nitrogen functional groups attached to an aromatic ring is 1. The highest BCUT2D eigenvalue weighted by Gasteiger charge is 2.28. The van der Waals surface area contributed by atoms with E-state index in [9.17, 15) is 14.4 Å². The predicted octanol–water partition coefficient (Wildman–Crippen LogP) is 0.304. The molecule has 2 atom stereocenters. The molecular weight excluding hydrogens is 298 g/mol. The molecule has 0 bridgehead atoms. The van der Waals surface area contributed by atoms with E-state index >= 15 is 0 Å². The van der Waals surface area contributed by atoms with Crippen LogP contribution in [-0.4, -0.2) is 34.6 Å². The van der Waals surface area contributed by atoms with Crippen molar-refractivity contribution < 1.29 is 19.2 Å². The molecule has 1 aromatic carbocycles. The van der Waals surface area contributed by atoms with Crippen LogP contribution >= 0.6 is 0 Å². The second-order valence-corrected chi connectivity index (χ2v) is 5.00. The molecule has 1 aromatic rings. The first-order chi connectivity index (χ1) is 11.0. The summed E-state index contributed by atoms with van der Waals surface area (Å²) in [4.78, 5) is 38.8. The summed E-state index contributed by atoms with van der Waals surface area (Å²) in [5.74, 6) is 3.19. The first-order valence-corrected chi connectivity index (χ1v) is 7.08. The molecule has 4 N–H and O–H groups in total. The number of nitrogens with two attached hydrogens (primary N) is 1. The number of rotatable bonds is 7. The van der Waals surface area contributed by atoms with E-state index in [1.807, 2.05) is 12.3 Å².